The molecule has 0 spiro atoms. The Labute approximate surface area is 138 Å². The Morgan fingerprint density at radius 1 is 1.26 bits per heavy atom. The van der Waals surface area contributed by atoms with Gasteiger partial charge in [-0.15, -0.1) is 0 Å². The van der Waals surface area contributed by atoms with E-state index in [0.717, 1.165) is 18.5 Å². The minimum absolute atomic E-state index is 0.228. The van der Waals surface area contributed by atoms with Crippen LogP contribution >= 0.6 is 11.6 Å². The average Bonchev–Trinajstić information content (AvgIpc) is 3.23. The maximum Gasteiger partial charge on any atom is 0.287 e. The highest BCUT2D eigenvalue weighted by atomic mass is 35.5. The fraction of sp³-hybridized carbons (Fsp3) is 0.176. The second kappa shape index (κ2) is 7.15. The van der Waals surface area contributed by atoms with Gasteiger partial charge in [-0.1, -0.05) is 23.7 Å². The minimum Gasteiger partial charge on any atom is -0.451 e. The quantitative estimate of drug-likeness (QED) is 0.703. The molecule has 3 aromatic rings. The number of carbonyl (C=O) groups is 1. The molecule has 2 aromatic heterocycles. The molecule has 0 aliphatic rings. The molecular weight excluding hydrogens is 314 g/mol. The second-order valence-electron chi connectivity index (χ2n) is 5.05. The van der Waals surface area contributed by atoms with E-state index < -0.39 is 0 Å². The standard InChI is InChI=1S/C17H16ClN3O2/c18-14-5-2-1-4-13(14)15-6-7-16(23-15)17(22)20-8-3-10-21-11-9-19-12-21/h1-2,4-7,9,11-12H,3,8,10H2,(H,20,22). The molecule has 0 unspecified atom stereocenters. The van der Waals surface area contributed by atoms with Gasteiger partial charge in [0.1, 0.15) is 5.76 Å². The van der Waals surface area contributed by atoms with Gasteiger partial charge in [0, 0.05) is 31.0 Å². The molecule has 0 aliphatic carbocycles. The summed E-state index contributed by atoms with van der Waals surface area (Å²) in [4.78, 5) is 16.1. The number of halogens is 1. The van der Waals surface area contributed by atoms with Crippen molar-refractivity contribution in [3.8, 4) is 11.3 Å². The maximum atomic E-state index is 12.1. The molecule has 5 nitrogen and oxygen atoms in total. The molecule has 3 rings (SSSR count). The summed E-state index contributed by atoms with van der Waals surface area (Å²) < 4.78 is 7.57. The summed E-state index contributed by atoms with van der Waals surface area (Å²) in [7, 11) is 0. The predicted molar refractivity (Wildman–Crippen MR) is 88.3 cm³/mol. The van der Waals surface area contributed by atoms with Crippen LogP contribution in [-0.2, 0) is 6.54 Å². The zero-order valence-corrected chi connectivity index (χ0v) is 13.2. The molecule has 0 bridgehead atoms. The first-order chi connectivity index (χ1) is 11.2. The van der Waals surface area contributed by atoms with Gasteiger partial charge in [0.05, 0.1) is 11.3 Å². The number of carbonyl (C=O) groups excluding carboxylic acids is 1. The molecule has 23 heavy (non-hydrogen) atoms. The zero-order valence-electron chi connectivity index (χ0n) is 12.4. The summed E-state index contributed by atoms with van der Waals surface area (Å²) in [5.41, 5.74) is 0.772. The summed E-state index contributed by atoms with van der Waals surface area (Å²) in [6, 6.07) is 10.8. The Kier molecular flexibility index (Phi) is 4.78. The van der Waals surface area contributed by atoms with Crippen LogP contribution in [0, 0.1) is 0 Å². The second-order valence-corrected chi connectivity index (χ2v) is 5.46. The van der Waals surface area contributed by atoms with Crippen molar-refractivity contribution < 1.29 is 9.21 Å². The van der Waals surface area contributed by atoms with Crippen LogP contribution in [0.15, 0.2) is 59.5 Å². The third-order valence-corrected chi connectivity index (χ3v) is 3.74. The summed E-state index contributed by atoms with van der Waals surface area (Å²) in [5.74, 6) is 0.635. The van der Waals surface area contributed by atoms with Crippen molar-refractivity contribution in [3.05, 3.63) is 65.9 Å². The summed E-state index contributed by atoms with van der Waals surface area (Å²) in [5, 5.41) is 3.43. The van der Waals surface area contributed by atoms with Crippen molar-refractivity contribution >= 4 is 17.5 Å². The summed E-state index contributed by atoms with van der Waals surface area (Å²) in [6.07, 6.45) is 6.20. The Morgan fingerprint density at radius 2 is 2.13 bits per heavy atom. The van der Waals surface area contributed by atoms with Gasteiger partial charge in [0.25, 0.3) is 5.91 Å². The summed E-state index contributed by atoms with van der Waals surface area (Å²) in [6.45, 7) is 1.38. The number of rotatable bonds is 6. The molecule has 0 saturated heterocycles. The van der Waals surface area contributed by atoms with E-state index in [1.807, 2.05) is 29.0 Å². The van der Waals surface area contributed by atoms with Crippen LogP contribution in [0.4, 0.5) is 0 Å². The van der Waals surface area contributed by atoms with Crippen molar-refractivity contribution in [2.75, 3.05) is 6.54 Å². The van der Waals surface area contributed by atoms with Crippen molar-refractivity contribution in [2.24, 2.45) is 0 Å². The van der Waals surface area contributed by atoms with Crippen LogP contribution in [0.3, 0.4) is 0 Å². The topological polar surface area (TPSA) is 60.1 Å². The van der Waals surface area contributed by atoms with Crippen LogP contribution in [0.2, 0.25) is 5.02 Å². The molecule has 0 atom stereocenters. The van der Waals surface area contributed by atoms with Crippen LogP contribution < -0.4 is 5.32 Å². The van der Waals surface area contributed by atoms with Gasteiger partial charge in [-0.2, -0.15) is 0 Å². The number of hydrogen-bond acceptors (Lipinski definition) is 3. The molecule has 0 aliphatic heterocycles. The lowest BCUT2D eigenvalue weighted by Crippen LogP contribution is -2.24. The highest BCUT2D eigenvalue weighted by Crippen LogP contribution is 2.28. The molecular formula is C17H16ClN3O2. The van der Waals surface area contributed by atoms with Gasteiger partial charge in [-0.3, -0.25) is 4.79 Å². The highest BCUT2D eigenvalue weighted by molar-refractivity contribution is 6.33. The van der Waals surface area contributed by atoms with E-state index in [4.69, 9.17) is 16.0 Å². The number of nitrogens with zero attached hydrogens (tertiary/aromatic N) is 2. The van der Waals surface area contributed by atoms with Crippen molar-refractivity contribution in [3.63, 3.8) is 0 Å². The van der Waals surface area contributed by atoms with Crippen LogP contribution in [0.1, 0.15) is 17.0 Å². The van der Waals surface area contributed by atoms with Gasteiger partial charge in [-0.25, -0.2) is 4.98 Å². The van der Waals surface area contributed by atoms with Crippen LogP contribution in [0.5, 0.6) is 0 Å². The van der Waals surface area contributed by atoms with E-state index in [1.54, 1.807) is 30.7 Å². The molecule has 0 saturated carbocycles. The van der Waals surface area contributed by atoms with E-state index >= 15 is 0 Å². The molecule has 1 N–H and O–H groups in total. The van der Waals surface area contributed by atoms with Crippen LogP contribution in [-0.4, -0.2) is 22.0 Å². The van der Waals surface area contributed by atoms with Gasteiger partial charge in [-0.05, 0) is 30.7 Å². The number of amides is 1. The lowest BCUT2D eigenvalue weighted by molar-refractivity contribution is 0.0926. The first-order valence-electron chi connectivity index (χ1n) is 7.33. The minimum atomic E-state index is -0.228. The zero-order chi connectivity index (χ0) is 16.1. The number of benzene rings is 1. The Morgan fingerprint density at radius 3 is 2.91 bits per heavy atom. The lowest BCUT2D eigenvalue weighted by Gasteiger charge is -2.04. The molecule has 0 fully saturated rings. The van der Waals surface area contributed by atoms with Crippen molar-refractivity contribution in [1.82, 2.24) is 14.9 Å². The third-order valence-electron chi connectivity index (χ3n) is 3.41. The van der Waals surface area contributed by atoms with Gasteiger partial charge in [0.2, 0.25) is 0 Å². The Balaban J connectivity index is 1.55. The van der Waals surface area contributed by atoms with Gasteiger partial charge in [0.15, 0.2) is 5.76 Å². The van der Waals surface area contributed by atoms with Gasteiger partial charge < -0.3 is 14.3 Å². The number of hydrogen-bond donors (Lipinski definition) is 1. The number of aryl methyl sites for hydroxylation is 1. The molecule has 1 amide bonds. The van der Waals surface area contributed by atoms with E-state index in [2.05, 4.69) is 10.3 Å². The molecule has 2 heterocycles. The number of aromatic nitrogens is 2. The number of imidazole rings is 1. The largest absolute Gasteiger partial charge is 0.451 e. The average molecular weight is 330 g/mol. The van der Waals surface area contributed by atoms with Crippen molar-refractivity contribution in [1.29, 1.82) is 0 Å². The first kappa shape index (κ1) is 15.4. The van der Waals surface area contributed by atoms with Crippen molar-refractivity contribution in [2.45, 2.75) is 13.0 Å². The SMILES string of the molecule is O=C(NCCCn1ccnc1)c1ccc(-c2ccccc2Cl)o1. The number of furan rings is 1. The third kappa shape index (κ3) is 3.81. The predicted octanol–water partition coefficient (Wildman–Crippen LogP) is 3.62. The fourth-order valence-corrected chi connectivity index (χ4v) is 2.46. The normalized spacial score (nSPS) is 10.7. The number of nitrogens with one attached hydrogen (secondary N) is 1. The molecule has 6 heteroatoms. The molecule has 1 aromatic carbocycles. The monoisotopic (exact) mass is 329 g/mol. The van der Waals surface area contributed by atoms with E-state index in [-0.39, 0.29) is 11.7 Å². The van der Waals surface area contributed by atoms with E-state index in [9.17, 15) is 4.79 Å². The molecule has 118 valence electrons. The highest BCUT2D eigenvalue weighted by Gasteiger charge is 2.13. The maximum absolute atomic E-state index is 12.1. The summed E-state index contributed by atoms with van der Waals surface area (Å²) >= 11 is 6.13. The fourth-order valence-electron chi connectivity index (χ4n) is 2.24. The molecule has 0 radical (unpaired) electrons. The Bertz CT molecular complexity index is 781. The van der Waals surface area contributed by atoms with Gasteiger partial charge >= 0.3 is 0 Å². The Hall–Kier alpha value is -2.53. The van der Waals surface area contributed by atoms with E-state index in [0.29, 0.717) is 17.3 Å². The first-order valence-corrected chi connectivity index (χ1v) is 7.70. The van der Waals surface area contributed by atoms with E-state index in [1.165, 1.54) is 0 Å². The smallest absolute Gasteiger partial charge is 0.287 e. The van der Waals surface area contributed by atoms with Crippen LogP contribution in [0.25, 0.3) is 11.3 Å². The lowest BCUT2D eigenvalue weighted by atomic mass is 10.2.